The van der Waals surface area contributed by atoms with Gasteiger partial charge in [-0.1, -0.05) is 48.0 Å². The summed E-state index contributed by atoms with van der Waals surface area (Å²) in [5, 5.41) is 6.43. The molecule has 0 aliphatic heterocycles. The molecule has 7 heteroatoms. The molecule has 0 bridgehead atoms. The molecule has 0 saturated heterocycles. The number of hydrogen-bond acceptors (Lipinski definition) is 3. The first-order valence-corrected chi connectivity index (χ1v) is 10.4. The molecule has 0 unspecified atom stereocenters. The van der Waals surface area contributed by atoms with Crippen LogP contribution in [0.25, 0.3) is 0 Å². The van der Waals surface area contributed by atoms with Gasteiger partial charge in [0.25, 0.3) is 0 Å². The van der Waals surface area contributed by atoms with Crippen LogP contribution >= 0.6 is 0 Å². The largest absolute Gasteiger partial charge is 0.357 e. The van der Waals surface area contributed by atoms with E-state index in [1.54, 1.807) is 12.1 Å². The summed E-state index contributed by atoms with van der Waals surface area (Å²) in [7, 11) is -0.425. The molecule has 0 spiro atoms. The van der Waals surface area contributed by atoms with Crippen molar-refractivity contribution in [2.75, 3.05) is 20.6 Å². The Kier molecular flexibility index (Phi) is 7.38. The van der Waals surface area contributed by atoms with E-state index in [1.165, 1.54) is 24.0 Å². The number of aryl methyl sites for hydroxylation is 1. The summed E-state index contributed by atoms with van der Waals surface area (Å²) in [5.41, 5.74) is 3.03. The Labute approximate surface area is 162 Å². The number of nitrogens with zero attached hydrogens (tertiary/aromatic N) is 2. The molecule has 0 aliphatic carbocycles. The number of benzene rings is 2. The predicted molar refractivity (Wildman–Crippen MR) is 110 cm³/mol. The Morgan fingerprint density at radius 1 is 1.07 bits per heavy atom. The molecule has 0 radical (unpaired) electrons. The molecule has 146 valence electrons. The smallest absolute Gasteiger partial charge is 0.242 e. The zero-order valence-corrected chi connectivity index (χ0v) is 17.2. The van der Waals surface area contributed by atoms with Crippen LogP contribution in [0.5, 0.6) is 0 Å². The summed E-state index contributed by atoms with van der Waals surface area (Å²) >= 11 is 0. The van der Waals surface area contributed by atoms with E-state index in [-0.39, 0.29) is 0 Å². The van der Waals surface area contributed by atoms with Crippen LogP contribution in [0.15, 0.2) is 58.4 Å². The van der Waals surface area contributed by atoms with E-state index in [4.69, 9.17) is 0 Å². The van der Waals surface area contributed by atoms with Crippen LogP contribution in [-0.4, -0.2) is 39.3 Å². The van der Waals surface area contributed by atoms with Crippen molar-refractivity contribution in [1.29, 1.82) is 0 Å². The van der Waals surface area contributed by atoms with E-state index in [2.05, 4.69) is 34.7 Å². The fourth-order valence-electron chi connectivity index (χ4n) is 2.60. The van der Waals surface area contributed by atoms with Crippen LogP contribution < -0.4 is 10.6 Å². The van der Waals surface area contributed by atoms with Crippen molar-refractivity contribution in [2.24, 2.45) is 4.99 Å². The zero-order valence-electron chi connectivity index (χ0n) is 16.4. The van der Waals surface area contributed by atoms with Crippen LogP contribution in [0.3, 0.4) is 0 Å². The second kappa shape index (κ2) is 9.53. The first kappa shape index (κ1) is 20.9. The molecular formula is C20H28N4O2S. The summed E-state index contributed by atoms with van der Waals surface area (Å²) in [6.07, 6.45) is 0. The topological polar surface area (TPSA) is 73.8 Å². The van der Waals surface area contributed by atoms with Gasteiger partial charge in [-0.25, -0.2) is 17.7 Å². The molecule has 2 aromatic rings. The quantitative estimate of drug-likeness (QED) is 0.565. The third kappa shape index (κ3) is 5.80. The Morgan fingerprint density at radius 2 is 1.81 bits per heavy atom. The number of hydrogen-bond donors (Lipinski definition) is 2. The molecule has 27 heavy (non-hydrogen) atoms. The standard InChI is InChI=1S/C20H28N4O2S/c1-5-21-20(22-14-17-10-8-9-16(2)13-17)23-15-18-11-6-7-12-19(18)27(25,26)24(3)4/h6-13H,5,14-15H2,1-4H3,(H2,21,22,23). The molecule has 0 heterocycles. The lowest BCUT2D eigenvalue weighted by molar-refractivity contribution is 0.519. The molecule has 0 atom stereocenters. The van der Waals surface area contributed by atoms with Crippen LogP contribution in [0.2, 0.25) is 0 Å². The maximum atomic E-state index is 12.5. The summed E-state index contributed by atoms with van der Waals surface area (Å²) in [6, 6.07) is 15.2. The molecule has 0 amide bonds. The zero-order chi connectivity index (χ0) is 19.9. The Bertz CT molecular complexity index is 892. The number of rotatable bonds is 7. The van der Waals surface area contributed by atoms with Crippen molar-refractivity contribution in [3.63, 3.8) is 0 Å². The van der Waals surface area contributed by atoms with Gasteiger partial charge in [-0.05, 0) is 31.0 Å². The van der Waals surface area contributed by atoms with Crippen LogP contribution in [0.4, 0.5) is 0 Å². The fraction of sp³-hybridized carbons (Fsp3) is 0.350. The van der Waals surface area contributed by atoms with Gasteiger partial charge in [-0.2, -0.15) is 0 Å². The summed E-state index contributed by atoms with van der Waals surface area (Å²) in [4.78, 5) is 4.90. The molecule has 0 saturated carbocycles. The SMILES string of the molecule is CCNC(=NCc1cccc(C)c1)NCc1ccccc1S(=O)(=O)N(C)C. The summed E-state index contributed by atoms with van der Waals surface area (Å²) in [5.74, 6) is 0.649. The van der Waals surface area contributed by atoms with Gasteiger partial charge < -0.3 is 10.6 Å². The highest BCUT2D eigenvalue weighted by atomic mass is 32.2. The van der Waals surface area contributed by atoms with E-state index in [0.29, 0.717) is 29.5 Å². The van der Waals surface area contributed by atoms with Gasteiger partial charge in [0.15, 0.2) is 5.96 Å². The van der Waals surface area contributed by atoms with Crippen LogP contribution in [0, 0.1) is 6.92 Å². The van der Waals surface area contributed by atoms with Crippen LogP contribution in [-0.2, 0) is 23.1 Å². The minimum atomic E-state index is -3.49. The van der Waals surface area contributed by atoms with Gasteiger partial charge in [0.2, 0.25) is 10.0 Å². The van der Waals surface area contributed by atoms with Gasteiger partial charge in [0.05, 0.1) is 11.4 Å². The molecule has 2 aromatic carbocycles. The van der Waals surface area contributed by atoms with E-state index >= 15 is 0 Å². The maximum Gasteiger partial charge on any atom is 0.242 e. The molecule has 2 rings (SSSR count). The average molecular weight is 389 g/mol. The second-order valence-corrected chi connectivity index (χ2v) is 8.55. The van der Waals surface area contributed by atoms with Crippen LogP contribution in [0.1, 0.15) is 23.6 Å². The Balaban J connectivity index is 2.16. The molecule has 0 aromatic heterocycles. The van der Waals surface area contributed by atoms with Crippen molar-refractivity contribution in [2.45, 2.75) is 31.8 Å². The maximum absolute atomic E-state index is 12.5. The molecule has 6 nitrogen and oxygen atoms in total. The summed E-state index contributed by atoms with van der Waals surface area (Å²) in [6.45, 7) is 5.68. The minimum Gasteiger partial charge on any atom is -0.357 e. The highest BCUT2D eigenvalue weighted by Gasteiger charge is 2.20. The van der Waals surface area contributed by atoms with Gasteiger partial charge in [-0.3, -0.25) is 0 Å². The molecule has 0 fully saturated rings. The van der Waals surface area contributed by atoms with Crippen molar-refractivity contribution < 1.29 is 8.42 Å². The van der Waals surface area contributed by atoms with Crippen molar-refractivity contribution >= 4 is 16.0 Å². The number of nitrogens with one attached hydrogen (secondary N) is 2. The number of guanidine groups is 1. The number of aliphatic imine (C=N–C) groups is 1. The Morgan fingerprint density at radius 3 is 2.48 bits per heavy atom. The highest BCUT2D eigenvalue weighted by Crippen LogP contribution is 2.18. The fourth-order valence-corrected chi connectivity index (χ4v) is 3.72. The van der Waals surface area contributed by atoms with E-state index in [9.17, 15) is 8.42 Å². The highest BCUT2D eigenvalue weighted by molar-refractivity contribution is 7.89. The first-order valence-electron chi connectivity index (χ1n) is 8.92. The second-order valence-electron chi connectivity index (χ2n) is 6.43. The van der Waals surface area contributed by atoms with Crippen molar-refractivity contribution in [3.05, 3.63) is 65.2 Å². The van der Waals surface area contributed by atoms with E-state index in [0.717, 1.165) is 12.1 Å². The molecule has 2 N–H and O–H groups in total. The summed E-state index contributed by atoms with van der Waals surface area (Å²) < 4.78 is 26.3. The lowest BCUT2D eigenvalue weighted by Gasteiger charge is -2.17. The van der Waals surface area contributed by atoms with Gasteiger partial charge in [-0.15, -0.1) is 0 Å². The van der Waals surface area contributed by atoms with Gasteiger partial charge in [0, 0.05) is 27.2 Å². The third-order valence-electron chi connectivity index (χ3n) is 4.02. The minimum absolute atomic E-state index is 0.303. The molecule has 0 aliphatic rings. The van der Waals surface area contributed by atoms with Gasteiger partial charge >= 0.3 is 0 Å². The lowest BCUT2D eigenvalue weighted by Crippen LogP contribution is -2.37. The monoisotopic (exact) mass is 388 g/mol. The molecular weight excluding hydrogens is 360 g/mol. The van der Waals surface area contributed by atoms with Crippen molar-refractivity contribution in [1.82, 2.24) is 14.9 Å². The normalized spacial score (nSPS) is 12.3. The van der Waals surface area contributed by atoms with E-state index < -0.39 is 10.0 Å². The third-order valence-corrected chi connectivity index (χ3v) is 5.94. The van der Waals surface area contributed by atoms with E-state index in [1.807, 2.05) is 31.2 Å². The first-order chi connectivity index (χ1) is 12.8. The van der Waals surface area contributed by atoms with Crippen molar-refractivity contribution in [3.8, 4) is 0 Å². The Hall–Kier alpha value is -2.38. The predicted octanol–water partition coefficient (Wildman–Crippen LogP) is 2.50. The average Bonchev–Trinajstić information content (AvgIpc) is 2.64. The lowest BCUT2D eigenvalue weighted by atomic mass is 10.1. The van der Waals surface area contributed by atoms with Gasteiger partial charge in [0.1, 0.15) is 0 Å². The number of sulfonamides is 1.